The van der Waals surface area contributed by atoms with Crippen LogP contribution >= 0.6 is 0 Å². The van der Waals surface area contributed by atoms with Crippen LogP contribution in [-0.4, -0.2) is 48.8 Å². The number of likely N-dealkylation sites (N-methyl/N-ethyl adjacent to an activating group) is 1. The van der Waals surface area contributed by atoms with Gasteiger partial charge < -0.3 is 20.7 Å². The molecule has 1 aliphatic heterocycles. The molecule has 1 heterocycles. The number of amides is 1. The molecule has 0 saturated carbocycles. The average Bonchev–Trinajstić information content (AvgIpc) is 2.92. The average molecular weight is 297 g/mol. The largest absolute Gasteiger partial charge is 0.332 e. The van der Waals surface area contributed by atoms with Gasteiger partial charge in [-0.1, -0.05) is 26.8 Å². The lowest BCUT2D eigenvalue weighted by atomic mass is 9.86. The predicted molar refractivity (Wildman–Crippen MR) is 86.9 cm³/mol. The maximum absolute atomic E-state index is 12.0. The van der Waals surface area contributed by atoms with Crippen molar-refractivity contribution in [2.24, 2.45) is 11.1 Å². The van der Waals surface area contributed by atoms with Crippen LogP contribution in [0.2, 0.25) is 0 Å². The molecule has 1 saturated heterocycles. The quantitative estimate of drug-likeness (QED) is 0.606. The summed E-state index contributed by atoms with van der Waals surface area (Å²) in [5.74, 6) is -0.0999. The lowest BCUT2D eigenvalue weighted by molar-refractivity contribution is -0.137. The Balaban J connectivity index is 0.000000567. The van der Waals surface area contributed by atoms with E-state index in [-0.39, 0.29) is 17.4 Å². The fourth-order valence-corrected chi connectivity index (χ4v) is 1.87. The van der Waals surface area contributed by atoms with Gasteiger partial charge in [-0.3, -0.25) is 4.79 Å². The van der Waals surface area contributed by atoms with Crippen LogP contribution in [0.15, 0.2) is 12.7 Å². The van der Waals surface area contributed by atoms with Gasteiger partial charge in [0.15, 0.2) is 0 Å². The van der Waals surface area contributed by atoms with Gasteiger partial charge in [0.05, 0.1) is 12.1 Å². The van der Waals surface area contributed by atoms with Crippen molar-refractivity contribution in [1.29, 1.82) is 0 Å². The number of nitrogens with zero attached hydrogens (tertiary/aromatic N) is 1. The van der Waals surface area contributed by atoms with Crippen molar-refractivity contribution in [2.75, 3.05) is 13.6 Å². The zero-order valence-corrected chi connectivity index (χ0v) is 14.1. The van der Waals surface area contributed by atoms with Crippen molar-refractivity contribution in [2.45, 2.75) is 58.7 Å². The minimum atomic E-state index is -0.530. The van der Waals surface area contributed by atoms with E-state index in [2.05, 4.69) is 11.9 Å². The number of carbonyl (C=O) groups is 2. The summed E-state index contributed by atoms with van der Waals surface area (Å²) in [6, 6.07) is -0.339. The highest BCUT2D eigenvalue weighted by atomic mass is 16.2. The van der Waals surface area contributed by atoms with E-state index in [0.717, 1.165) is 19.1 Å². The summed E-state index contributed by atoms with van der Waals surface area (Å²) in [5.41, 5.74) is 5.63. The fraction of sp³-hybridized carbons (Fsp3) is 0.750. The molecule has 0 aromatic rings. The number of nitrogens with one attached hydrogen (secondary N) is 1. The van der Waals surface area contributed by atoms with Crippen LogP contribution in [0.5, 0.6) is 0 Å². The molecule has 3 unspecified atom stereocenters. The van der Waals surface area contributed by atoms with Crippen LogP contribution in [0, 0.1) is 5.41 Å². The molecule has 0 bridgehead atoms. The molecule has 3 atom stereocenters. The first kappa shape index (κ1) is 19.8. The summed E-state index contributed by atoms with van der Waals surface area (Å²) in [4.78, 5) is 24.4. The van der Waals surface area contributed by atoms with Crippen molar-refractivity contribution in [3.63, 3.8) is 0 Å². The van der Waals surface area contributed by atoms with Crippen molar-refractivity contribution in [3.8, 4) is 0 Å². The van der Waals surface area contributed by atoms with Gasteiger partial charge in [0.1, 0.15) is 6.29 Å². The lowest BCUT2D eigenvalue weighted by Crippen LogP contribution is -2.52. The monoisotopic (exact) mass is 297 g/mol. The molecule has 0 spiro atoms. The van der Waals surface area contributed by atoms with E-state index in [4.69, 9.17) is 5.73 Å². The Morgan fingerprint density at radius 1 is 1.48 bits per heavy atom. The normalized spacial score (nSPS) is 21.0. The fourth-order valence-electron chi connectivity index (χ4n) is 1.87. The Morgan fingerprint density at radius 3 is 2.38 bits per heavy atom. The molecule has 1 aliphatic rings. The maximum Gasteiger partial charge on any atom is 0.240 e. The second-order valence-corrected chi connectivity index (χ2v) is 6.53. The van der Waals surface area contributed by atoms with Crippen molar-refractivity contribution in [3.05, 3.63) is 12.7 Å². The Morgan fingerprint density at radius 2 is 2.05 bits per heavy atom. The third-order valence-electron chi connectivity index (χ3n) is 3.75. The molecule has 0 aliphatic carbocycles. The number of carbonyl (C=O) groups excluding carboxylic acids is 2. The first-order valence-corrected chi connectivity index (χ1v) is 7.50. The van der Waals surface area contributed by atoms with Crippen LogP contribution in [-0.2, 0) is 9.59 Å². The summed E-state index contributed by atoms with van der Waals surface area (Å²) >= 11 is 0. The SMILES string of the molecule is C=CC(C)NC.CC(C)(C)C(N)C(=O)N1CCCC1C=O. The summed E-state index contributed by atoms with van der Waals surface area (Å²) < 4.78 is 0. The second-order valence-electron chi connectivity index (χ2n) is 6.53. The van der Waals surface area contributed by atoms with Gasteiger partial charge in [-0.05, 0) is 32.2 Å². The molecule has 0 radical (unpaired) electrons. The molecule has 5 heteroatoms. The third kappa shape index (κ3) is 6.40. The van der Waals surface area contributed by atoms with Gasteiger partial charge in [-0.2, -0.15) is 0 Å². The zero-order chi connectivity index (χ0) is 16.6. The molecule has 3 N–H and O–H groups in total. The van der Waals surface area contributed by atoms with Crippen LogP contribution in [0.1, 0.15) is 40.5 Å². The standard InChI is InChI=1S/C11H20N2O2.C5H11N/c1-11(2,3)9(12)10(15)13-6-4-5-8(13)7-14;1-4-5(2)6-3/h7-9H,4-6,12H2,1-3H3;4-6H,1H2,2-3H3. The van der Waals surface area contributed by atoms with Crippen LogP contribution < -0.4 is 11.1 Å². The number of rotatable bonds is 4. The number of likely N-dealkylation sites (tertiary alicyclic amines) is 1. The van der Waals surface area contributed by atoms with E-state index in [1.807, 2.05) is 40.8 Å². The van der Waals surface area contributed by atoms with Crippen LogP contribution in [0.4, 0.5) is 0 Å². The minimum Gasteiger partial charge on any atom is -0.332 e. The Kier molecular flexibility index (Phi) is 8.44. The zero-order valence-electron chi connectivity index (χ0n) is 14.1. The minimum absolute atomic E-state index is 0.0999. The van der Waals surface area contributed by atoms with Gasteiger partial charge in [0.2, 0.25) is 5.91 Å². The van der Waals surface area contributed by atoms with Gasteiger partial charge in [0.25, 0.3) is 0 Å². The summed E-state index contributed by atoms with van der Waals surface area (Å²) in [5, 5.41) is 3.00. The Hall–Kier alpha value is -1.20. The molecule has 21 heavy (non-hydrogen) atoms. The first-order valence-electron chi connectivity index (χ1n) is 7.50. The lowest BCUT2D eigenvalue weighted by Gasteiger charge is -2.31. The topological polar surface area (TPSA) is 75.4 Å². The van der Waals surface area contributed by atoms with Gasteiger partial charge in [-0.15, -0.1) is 6.58 Å². The predicted octanol–water partition coefficient (Wildman–Crippen LogP) is 1.33. The molecular formula is C16H31N3O2. The van der Waals surface area contributed by atoms with E-state index in [1.54, 1.807) is 4.90 Å². The second kappa shape index (κ2) is 8.95. The molecule has 1 amide bonds. The smallest absolute Gasteiger partial charge is 0.240 e. The van der Waals surface area contributed by atoms with E-state index in [9.17, 15) is 9.59 Å². The molecule has 1 rings (SSSR count). The first-order chi connectivity index (χ1) is 9.68. The van der Waals surface area contributed by atoms with Crippen LogP contribution in [0.3, 0.4) is 0 Å². The van der Waals surface area contributed by atoms with E-state index in [0.29, 0.717) is 12.6 Å². The number of hydrogen-bond acceptors (Lipinski definition) is 4. The third-order valence-corrected chi connectivity index (χ3v) is 3.75. The van der Waals surface area contributed by atoms with Crippen molar-refractivity contribution < 1.29 is 9.59 Å². The Labute approximate surface area is 128 Å². The number of hydrogen-bond donors (Lipinski definition) is 2. The summed E-state index contributed by atoms with van der Waals surface area (Å²) in [6.45, 7) is 12.1. The van der Waals surface area contributed by atoms with E-state index < -0.39 is 6.04 Å². The molecule has 0 aromatic carbocycles. The highest BCUT2D eigenvalue weighted by molar-refractivity contribution is 5.85. The molecule has 1 fully saturated rings. The van der Waals surface area contributed by atoms with Crippen LogP contribution in [0.25, 0.3) is 0 Å². The Bertz CT molecular complexity index is 350. The number of aldehydes is 1. The molecule has 122 valence electrons. The van der Waals surface area contributed by atoms with Crippen molar-refractivity contribution in [1.82, 2.24) is 10.2 Å². The summed E-state index contributed by atoms with van der Waals surface area (Å²) in [6.07, 6.45) is 4.37. The van der Waals surface area contributed by atoms with E-state index in [1.165, 1.54) is 0 Å². The molecule has 5 nitrogen and oxygen atoms in total. The highest BCUT2D eigenvalue weighted by Gasteiger charge is 2.36. The highest BCUT2D eigenvalue weighted by Crippen LogP contribution is 2.23. The van der Waals surface area contributed by atoms with Gasteiger partial charge >= 0.3 is 0 Å². The van der Waals surface area contributed by atoms with Crippen molar-refractivity contribution >= 4 is 12.2 Å². The summed E-state index contributed by atoms with van der Waals surface area (Å²) in [7, 11) is 1.91. The van der Waals surface area contributed by atoms with E-state index >= 15 is 0 Å². The van der Waals surface area contributed by atoms with Gasteiger partial charge in [-0.25, -0.2) is 0 Å². The number of nitrogens with two attached hydrogens (primary N) is 1. The molecule has 0 aromatic heterocycles. The maximum atomic E-state index is 12.0. The molecular weight excluding hydrogens is 266 g/mol. The van der Waals surface area contributed by atoms with Gasteiger partial charge in [0, 0.05) is 12.6 Å².